The number of nitrogens with zero attached hydrogens (tertiary/aromatic N) is 1. The van der Waals surface area contributed by atoms with Crippen LogP contribution in [0, 0.1) is 5.21 Å². The SMILES string of the molecule is CCOc1ccc(C2Oc3c(cccc3OC)C=C2N([O-])O)cc1OCC. The van der Waals surface area contributed by atoms with Crippen LogP contribution in [0.25, 0.3) is 6.08 Å². The van der Waals surface area contributed by atoms with Gasteiger partial charge < -0.3 is 29.4 Å². The summed E-state index contributed by atoms with van der Waals surface area (Å²) in [5, 5.41) is 21.2. The Kier molecular flexibility index (Phi) is 5.73. The summed E-state index contributed by atoms with van der Waals surface area (Å²) in [4.78, 5) is 0. The Labute approximate surface area is 157 Å². The van der Waals surface area contributed by atoms with Crippen molar-refractivity contribution in [3.8, 4) is 23.0 Å². The smallest absolute Gasteiger partial charge is 0.169 e. The Morgan fingerprint density at radius 2 is 1.81 bits per heavy atom. The molecule has 1 N–H and O–H groups in total. The van der Waals surface area contributed by atoms with Gasteiger partial charge >= 0.3 is 0 Å². The summed E-state index contributed by atoms with van der Waals surface area (Å²) < 4.78 is 22.6. The highest BCUT2D eigenvalue weighted by Gasteiger charge is 2.28. The summed E-state index contributed by atoms with van der Waals surface area (Å²) >= 11 is 0. The largest absolute Gasteiger partial charge is 0.734 e. The second kappa shape index (κ2) is 8.20. The molecule has 1 unspecified atom stereocenters. The molecule has 144 valence electrons. The summed E-state index contributed by atoms with van der Waals surface area (Å²) in [6, 6.07) is 10.6. The fourth-order valence-electron chi connectivity index (χ4n) is 2.97. The third kappa shape index (κ3) is 3.79. The van der Waals surface area contributed by atoms with Gasteiger partial charge in [0.15, 0.2) is 29.1 Å². The van der Waals surface area contributed by atoms with Crippen molar-refractivity contribution in [1.29, 1.82) is 0 Å². The topological polar surface area (TPSA) is 83.5 Å². The molecule has 0 saturated carbocycles. The van der Waals surface area contributed by atoms with Crippen molar-refractivity contribution in [1.82, 2.24) is 5.23 Å². The van der Waals surface area contributed by atoms with Crippen LogP contribution in [0.5, 0.6) is 23.0 Å². The second-order valence-electron chi connectivity index (χ2n) is 5.79. The van der Waals surface area contributed by atoms with E-state index in [1.165, 1.54) is 0 Å². The lowest BCUT2D eigenvalue weighted by molar-refractivity contribution is -0.0247. The molecule has 1 aliphatic rings. The quantitative estimate of drug-likeness (QED) is 0.731. The first-order valence-electron chi connectivity index (χ1n) is 8.69. The van der Waals surface area contributed by atoms with Gasteiger partial charge in [0, 0.05) is 11.1 Å². The molecule has 2 aromatic rings. The van der Waals surface area contributed by atoms with E-state index in [0.29, 0.717) is 47.3 Å². The maximum atomic E-state index is 11.8. The van der Waals surface area contributed by atoms with E-state index in [1.807, 2.05) is 13.8 Å². The lowest BCUT2D eigenvalue weighted by atomic mass is 10.00. The van der Waals surface area contributed by atoms with Crippen molar-refractivity contribution in [3.05, 3.63) is 58.4 Å². The predicted molar refractivity (Wildman–Crippen MR) is 100 cm³/mol. The Balaban J connectivity index is 2.06. The number of hydrogen-bond donors (Lipinski definition) is 1. The van der Waals surface area contributed by atoms with E-state index in [4.69, 9.17) is 18.9 Å². The molecule has 0 aliphatic carbocycles. The Bertz CT molecular complexity index is 833. The first kappa shape index (κ1) is 18.9. The number of benzene rings is 2. The van der Waals surface area contributed by atoms with Crippen molar-refractivity contribution in [2.24, 2.45) is 0 Å². The lowest BCUT2D eigenvalue weighted by Crippen LogP contribution is -2.24. The van der Waals surface area contributed by atoms with Crippen LogP contribution in [0.15, 0.2) is 42.1 Å². The van der Waals surface area contributed by atoms with Crippen molar-refractivity contribution in [2.45, 2.75) is 20.0 Å². The van der Waals surface area contributed by atoms with E-state index >= 15 is 0 Å². The van der Waals surface area contributed by atoms with Crippen LogP contribution in [-0.4, -0.2) is 30.8 Å². The molecule has 0 aromatic heterocycles. The molecule has 0 saturated heterocycles. The minimum absolute atomic E-state index is 0.0577. The van der Waals surface area contributed by atoms with Gasteiger partial charge in [0.25, 0.3) is 0 Å². The van der Waals surface area contributed by atoms with Gasteiger partial charge in [0.2, 0.25) is 0 Å². The molecule has 3 rings (SSSR count). The molecule has 0 fully saturated rings. The monoisotopic (exact) mass is 372 g/mol. The summed E-state index contributed by atoms with van der Waals surface area (Å²) in [5.74, 6) is 2.19. The van der Waals surface area contributed by atoms with Gasteiger partial charge in [-0.25, -0.2) is 0 Å². The van der Waals surface area contributed by atoms with E-state index < -0.39 is 6.10 Å². The highest BCUT2D eigenvalue weighted by atomic mass is 16.8. The first-order chi connectivity index (χ1) is 13.1. The Morgan fingerprint density at radius 3 is 2.48 bits per heavy atom. The number of ether oxygens (including phenoxy) is 4. The molecule has 0 bridgehead atoms. The number of fused-ring (bicyclic) bond motifs is 1. The van der Waals surface area contributed by atoms with E-state index in [2.05, 4.69) is 0 Å². The van der Waals surface area contributed by atoms with Gasteiger partial charge in [-0.05, 0) is 38.1 Å². The predicted octanol–water partition coefficient (Wildman–Crippen LogP) is 4.16. The number of hydrogen-bond acceptors (Lipinski definition) is 7. The molecule has 1 aliphatic heterocycles. The highest BCUT2D eigenvalue weighted by molar-refractivity contribution is 5.67. The number of methoxy groups -OCH3 is 1. The average Bonchev–Trinajstić information content (AvgIpc) is 2.68. The fraction of sp³-hybridized carbons (Fsp3) is 0.300. The number of rotatable bonds is 7. The molecule has 7 heteroatoms. The minimum Gasteiger partial charge on any atom is -0.734 e. The van der Waals surface area contributed by atoms with Gasteiger partial charge in [-0.2, -0.15) is 0 Å². The Morgan fingerprint density at radius 1 is 1.07 bits per heavy atom. The van der Waals surface area contributed by atoms with Gasteiger partial charge in [-0.3, -0.25) is 5.21 Å². The first-order valence-corrected chi connectivity index (χ1v) is 8.69. The third-order valence-electron chi connectivity index (χ3n) is 4.13. The van der Waals surface area contributed by atoms with Crippen molar-refractivity contribution >= 4 is 6.08 Å². The standard InChI is InChI=1S/C20H22NO6/c1-4-25-16-10-9-14(12-18(16)26-5-2)19-15(21(22)23)11-13-7-6-8-17(24-3)20(13)27-19/h6-12,19,22H,4-5H2,1-3H3/q-1. The maximum absolute atomic E-state index is 11.8. The van der Waals surface area contributed by atoms with Crippen LogP contribution in [0.2, 0.25) is 0 Å². The second-order valence-corrected chi connectivity index (χ2v) is 5.79. The van der Waals surface area contributed by atoms with E-state index in [1.54, 1.807) is 49.6 Å². The van der Waals surface area contributed by atoms with Crippen LogP contribution in [0.3, 0.4) is 0 Å². The van der Waals surface area contributed by atoms with Crippen LogP contribution >= 0.6 is 0 Å². The van der Waals surface area contributed by atoms with Crippen molar-refractivity contribution in [2.75, 3.05) is 20.3 Å². The summed E-state index contributed by atoms with van der Waals surface area (Å²) in [6.45, 7) is 4.72. The van der Waals surface area contributed by atoms with Crippen LogP contribution in [0.1, 0.15) is 31.1 Å². The zero-order valence-corrected chi connectivity index (χ0v) is 15.5. The normalized spacial score (nSPS) is 15.3. The molecular weight excluding hydrogens is 350 g/mol. The maximum Gasteiger partial charge on any atom is 0.169 e. The molecular formula is C20H22NO6-. The average molecular weight is 372 g/mol. The Hall–Kier alpha value is -2.90. The molecule has 27 heavy (non-hydrogen) atoms. The minimum atomic E-state index is -0.828. The molecule has 1 atom stereocenters. The van der Waals surface area contributed by atoms with Crippen LogP contribution < -0.4 is 18.9 Å². The lowest BCUT2D eigenvalue weighted by Gasteiger charge is -2.35. The van der Waals surface area contributed by atoms with Gasteiger partial charge in [0.1, 0.15) is 0 Å². The van der Waals surface area contributed by atoms with E-state index in [9.17, 15) is 10.4 Å². The third-order valence-corrected chi connectivity index (χ3v) is 4.13. The van der Waals surface area contributed by atoms with Gasteiger partial charge in [-0.1, -0.05) is 18.2 Å². The molecule has 0 amide bonds. The summed E-state index contributed by atoms with van der Waals surface area (Å²) in [5.41, 5.74) is 1.34. The van der Waals surface area contributed by atoms with Crippen LogP contribution in [0.4, 0.5) is 0 Å². The van der Waals surface area contributed by atoms with E-state index in [0.717, 1.165) is 0 Å². The molecule has 0 radical (unpaired) electrons. The van der Waals surface area contributed by atoms with Gasteiger partial charge in [-0.15, -0.1) is 0 Å². The summed E-state index contributed by atoms with van der Waals surface area (Å²) in [7, 11) is 1.54. The van der Waals surface area contributed by atoms with E-state index in [-0.39, 0.29) is 10.9 Å². The highest BCUT2D eigenvalue weighted by Crippen LogP contribution is 2.44. The molecule has 7 nitrogen and oxygen atoms in total. The number of hydroxylamine groups is 2. The zero-order chi connectivity index (χ0) is 19.4. The van der Waals surface area contributed by atoms with Crippen molar-refractivity contribution < 1.29 is 24.2 Å². The molecule has 0 spiro atoms. The van der Waals surface area contributed by atoms with Gasteiger partial charge in [0.05, 0.1) is 26.0 Å². The van der Waals surface area contributed by atoms with Crippen LogP contribution in [-0.2, 0) is 0 Å². The molecule has 2 aromatic carbocycles. The van der Waals surface area contributed by atoms with Crippen molar-refractivity contribution in [3.63, 3.8) is 0 Å². The summed E-state index contributed by atoms with van der Waals surface area (Å²) in [6.07, 6.45) is 0.752. The molecule has 1 heterocycles. The number of para-hydroxylation sites is 1. The fourth-order valence-corrected chi connectivity index (χ4v) is 2.97. The zero-order valence-electron chi connectivity index (χ0n) is 15.5.